The van der Waals surface area contributed by atoms with Crippen molar-refractivity contribution in [3.8, 4) is 0 Å². The fourth-order valence-corrected chi connectivity index (χ4v) is 2.79. The van der Waals surface area contributed by atoms with Gasteiger partial charge in [0.1, 0.15) is 16.5 Å². The molecule has 0 aliphatic heterocycles. The standard InChI is InChI=1S/C13H15F2N3O2S/c1-2-16-7-10-6-11(8-17-10)21(19,20)18-13-5-9(14)3-4-12(13)15/h3-6,8,16-18H,2,7H2,1H3. The summed E-state index contributed by atoms with van der Waals surface area (Å²) >= 11 is 0. The van der Waals surface area contributed by atoms with Gasteiger partial charge in [0.15, 0.2) is 0 Å². The highest BCUT2D eigenvalue weighted by Crippen LogP contribution is 2.20. The zero-order chi connectivity index (χ0) is 15.5. The van der Waals surface area contributed by atoms with Crippen molar-refractivity contribution in [3.63, 3.8) is 0 Å². The summed E-state index contributed by atoms with van der Waals surface area (Å²) < 4.78 is 52.8. The second-order valence-corrected chi connectivity index (χ2v) is 6.05. The first kappa shape index (κ1) is 15.5. The van der Waals surface area contributed by atoms with Crippen LogP contribution in [0.5, 0.6) is 0 Å². The lowest BCUT2D eigenvalue weighted by atomic mass is 10.3. The molecule has 1 aromatic heterocycles. The second-order valence-electron chi connectivity index (χ2n) is 4.37. The van der Waals surface area contributed by atoms with Crippen molar-refractivity contribution in [1.29, 1.82) is 0 Å². The number of anilines is 1. The van der Waals surface area contributed by atoms with Crippen LogP contribution in [0.4, 0.5) is 14.5 Å². The molecule has 0 fully saturated rings. The van der Waals surface area contributed by atoms with E-state index in [0.717, 1.165) is 24.7 Å². The van der Waals surface area contributed by atoms with Crippen LogP contribution in [0.1, 0.15) is 12.6 Å². The van der Waals surface area contributed by atoms with Crippen molar-refractivity contribution in [1.82, 2.24) is 10.3 Å². The molecule has 2 rings (SSSR count). The molecule has 1 aromatic carbocycles. The van der Waals surface area contributed by atoms with E-state index < -0.39 is 27.3 Å². The zero-order valence-corrected chi connectivity index (χ0v) is 12.1. The molecular formula is C13H15F2N3O2S. The monoisotopic (exact) mass is 315 g/mol. The third kappa shape index (κ3) is 3.79. The van der Waals surface area contributed by atoms with Gasteiger partial charge in [-0.15, -0.1) is 0 Å². The Morgan fingerprint density at radius 2 is 2.00 bits per heavy atom. The number of sulfonamides is 1. The summed E-state index contributed by atoms with van der Waals surface area (Å²) in [5.74, 6) is -1.57. The van der Waals surface area contributed by atoms with Crippen LogP contribution in [0.2, 0.25) is 0 Å². The number of aromatic amines is 1. The van der Waals surface area contributed by atoms with Crippen molar-refractivity contribution in [3.05, 3.63) is 47.8 Å². The van der Waals surface area contributed by atoms with Crippen molar-refractivity contribution in [2.45, 2.75) is 18.4 Å². The first-order chi connectivity index (χ1) is 9.92. The highest BCUT2D eigenvalue weighted by Gasteiger charge is 2.18. The molecule has 8 heteroatoms. The molecule has 0 radical (unpaired) electrons. The Hall–Kier alpha value is -1.93. The molecule has 0 atom stereocenters. The average Bonchev–Trinajstić information content (AvgIpc) is 2.90. The number of H-pyrrole nitrogens is 1. The van der Waals surface area contributed by atoms with Crippen LogP contribution in [-0.4, -0.2) is 19.9 Å². The molecule has 2 aromatic rings. The third-order valence-corrected chi connectivity index (χ3v) is 4.11. The first-order valence-corrected chi connectivity index (χ1v) is 7.76. The van der Waals surface area contributed by atoms with Crippen molar-refractivity contribution < 1.29 is 17.2 Å². The van der Waals surface area contributed by atoms with Gasteiger partial charge in [-0.25, -0.2) is 17.2 Å². The molecule has 0 unspecified atom stereocenters. The van der Waals surface area contributed by atoms with Crippen molar-refractivity contribution >= 4 is 15.7 Å². The molecule has 0 saturated heterocycles. The summed E-state index contributed by atoms with van der Waals surface area (Å²) in [6.45, 7) is 3.16. The van der Waals surface area contributed by atoms with Gasteiger partial charge in [-0.1, -0.05) is 6.92 Å². The van der Waals surface area contributed by atoms with E-state index in [1.54, 1.807) is 0 Å². The maximum Gasteiger partial charge on any atom is 0.263 e. The molecule has 0 bridgehead atoms. The quantitative estimate of drug-likeness (QED) is 0.765. The number of hydrogen-bond acceptors (Lipinski definition) is 3. The highest BCUT2D eigenvalue weighted by molar-refractivity contribution is 7.92. The first-order valence-electron chi connectivity index (χ1n) is 6.28. The Balaban J connectivity index is 2.22. The molecule has 1 heterocycles. The molecule has 0 aliphatic rings. The van der Waals surface area contributed by atoms with Crippen LogP contribution >= 0.6 is 0 Å². The summed E-state index contributed by atoms with van der Waals surface area (Å²) in [6.07, 6.45) is 1.30. The summed E-state index contributed by atoms with van der Waals surface area (Å²) in [4.78, 5) is 2.77. The highest BCUT2D eigenvalue weighted by atomic mass is 32.2. The summed E-state index contributed by atoms with van der Waals surface area (Å²) in [7, 11) is -3.97. The van der Waals surface area contributed by atoms with E-state index >= 15 is 0 Å². The normalized spacial score (nSPS) is 11.6. The van der Waals surface area contributed by atoms with Crippen LogP contribution < -0.4 is 10.0 Å². The van der Waals surface area contributed by atoms with Gasteiger partial charge >= 0.3 is 0 Å². The van der Waals surface area contributed by atoms with E-state index in [2.05, 4.69) is 10.3 Å². The van der Waals surface area contributed by atoms with E-state index in [-0.39, 0.29) is 4.90 Å². The predicted octanol–water partition coefficient (Wildman–Crippen LogP) is 2.20. The Bertz CT molecular complexity index is 729. The lowest BCUT2D eigenvalue weighted by Gasteiger charge is -2.07. The Morgan fingerprint density at radius 1 is 1.24 bits per heavy atom. The SMILES string of the molecule is CCNCc1cc(S(=O)(=O)Nc2cc(F)ccc2F)c[nH]1. The minimum Gasteiger partial charge on any atom is -0.363 e. The number of rotatable bonds is 6. The van der Waals surface area contributed by atoms with Gasteiger partial charge in [0.25, 0.3) is 10.0 Å². The molecule has 3 N–H and O–H groups in total. The summed E-state index contributed by atoms with van der Waals surface area (Å²) in [5, 5.41) is 3.04. The van der Waals surface area contributed by atoms with Crippen molar-refractivity contribution in [2.24, 2.45) is 0 Å². The van der Waals surface area contributed by atoms with E-state index in [1.165, 1.54) is 12.3 Å². The van der Waals surface area contributed by atoms with Gasteiger partial charge in [0.05, 0.1) is 5.69 Å². The van der Waals surface area contributed by atoms with Gasteiger partial charge in [0, 0.05) is 24.5 Å². The van der Waals surface area contributed by atoms with Crippen LogP contribution in [0.15, 0.2) is 35.4 Å². The Labute approximate surface area is 121 Å². The van der Waals surface area contributed by atoms with E-state index in [1.807, 2.05) is 11.6 Å². The number of benzene rings is 1. The maximum absolute atomic E-state index is 13.5. The molecule has 5 nitrogen and oxygen atoms in total. The summed E-state index contributed by atoms with van der Waals surface area (Å²) in [6, 6.07) is 4.00. The number of aromatic nitrogens is 1. The van der Waals surface area contributed by atoms with Crippen molar-refractivity contribution in [2.75, 3.05) is 11.3 Å². The fraction of sp³-hybridized carbons (Fsp3) is 0.231. The number of hydrogen-bond donors (Lipinski definition) is 3. The largest absolute Gasteiger partial charge is 0.363 e. The zero-order valence-electron chi connectivity index (χ0n) is 11.3. The minimum atomic E-state index is -3.97. The van der Waals surface area contributed by atoms with Gasteiger partial charge in [-0.05, 0) is 24.7 Å². The molecule has 0 spiro atoms. The van der Waals surface area contributed by atoms with E-state index in [4.69, 9.17) is 0 Å². The van der Waals surface area contributed by atoms with Crippen LogP contribution in [-0.2, 0) is 16.6 Å². The fourth-order valence-electron chi connectivity index (χ4n) is 1.72. The summed E-state index contributed by atoms with van der Waals surface area (Å²) in [5.41, 5.74) is 0.251. The topological polar surface area (TPSA) is 74.0 Å². The lowest BCUT2D eigenvalue weighted by molar-refractivity contribution is 0.594. The van der Waals surface area contributed by atoms with Gasteiger partial charge in [0.2, 0.25) is 0 Å². The van der Waals surface area contributed by atoms with Gasteiger partial charge < -0.3 is 10.3 Å². The third-order valence-electron chi connectivity index (χ3n) is 2.76. The smallest absolute Gasteiger partial charge is 0.263 e. The Kier molecular flexibility index (Phi) is 4.59. The number of halogens is 2. The van der Waals surface area contributed by atoms with E-state index in [0.29, 0.717) is 12.2 Å². The van der Waals surface area contributed by atoms with Crippen LogP contribution in [0, 0.1) is 11.6 Å². The lowest BCUT2D eigenvalue weighted by Crippen LogP contribution is -2.14. The molecule has 0 aliphatic carbocycles. The van der Waals surface area contributed by atoms with Gasteiger partial charge in [-0.2, -0.15) is 0 Å². The number of nitrogens with one attached hydrogen (secondary N) is 3. The molecule has 21 heavy (non-hydrogen) atoms. The van der Waals surface area contributed by atoms with Crippen LogP contribution in [0.25, 0.3) is 0 Å². The molecule has 0 saturated carbocycles. The molecule has 114 valence electrons. The van der Waals surface area contributed by atoms with Crippen LogP contribution in [0.3, 0.4) is 0 Å². The second kappa shape index (κ2) is 6.23. The molecular weight excluding hydrogens is 300 g/mol. The average molecular weight is 315 g/mol. The predicted molar refractivity (Wildman–Crippen MR) is 75.3 cm³/mol. The minimum absolute atomic E-state index is 0.0425. The molecule has 0 amide bonds. The van der Waals surface area contributed by atoms with E-state index in [9.17, 15) is 17.2 Å². The maximum atomic E-state index is 13.5. The Morgan fingerprint density at radius 3 is 2.71 bits per heavy atom. The van der Waals surface area contributed by atoms with Gasteiger partial charge in [-0.3, -0.25) is 4.72 Å².